The molecule has 0 spiro atoms. The van der Waals surface area contributed by atoms with Crippen LogP contribution in [0.3, 0.4) is 0 Å². The fraction of sp³-hybridized carbons (Fsp3) is 0.263. The zero-order valence-electron chi connectivity index (χ0n) is 13.7. The molecule has 2 rings (SSSR count). The number of anilines is 1. The fourth-order valence-corrected chi connectivity index (χ4v) is 2.14. The molecule has 2 amide bonds. The van der Waals surface area contributed by atoms with Crippen LogP contribution in [0.15, 0.2) is 54.6 Å². The number of hydrogen-bond acceptors (Lipinski definition) is 2. The maximum atomic E-state index is 12.5. The third kappa shape index (κ3) is 4.19. The molecule has 0 saturated carbocycles. The third-order valence-electron chi connectivity index (χ3n) is 3.83. The fourth-order valence-electron chi connectivity index (χ4n) is 2.14. The largest absolute Gasteiger partial charge is 0.350 e. The average Bonchev–Trinajstić information content (AvgIpc) is 2.61. The molecule has 2 aromatic rings. The maximum Gasteiger partial charge on any atom is 0.258 e. The first-order chi connectivity index (χ1) is 11.0. The minimum absolute atomic E-state index is 0.106. The van der Waals surface area contributed by atoms with Gasteiger partial charge in [-0.05, 0) is 49.7 Å². The van der Waals surface area contributed by atoms with E-state index in [0.29, 0.717) is 11.1 Å². The van der Waals surface area contributed by atoms with Gasteiger partial charge in [0.05, 0.1) is 0 Å². The van der Waals surface area contributed by atoms with E-state index in [4.69, 9.17) is 0 Å². The van der Waals surface area contributed by atoms with Crippen LogP contribution in [0.25, 0.3) is 0 Å². The van der Waals surface area contributed by atoms with Crippen molar-refractivity contribution < 1.29 is 9.59 Å². The lowest BCUT2D eigenvalue weighted by atomic mass is 10.1. The van der Waals surface area contributed by atoms with Gasteiger partial charge in [-0.2, -0.15) is 0 Å². The smallest absolute Gasteiger partial charge is 0.258 e. The summed E-state index contributed by atoms with van der Waals surface area (Å²) in [6, 6.07) is 16.3. The number of carbonyl (C=O) groups is 2. The Morgan fingerprint density at radius 2 is 1.57 bits per heavy atom. The van der Waals surface area contributed by atoms with Crippen LogP contribution in [0.4, 0.5) is 5.69 Å². The first-order valence-corrected chi connectivity index (χ1v) is 7.77. The Kier molecular flexibility index (Phi) is 5.52. The van der Waals surface area contributed by atoms with Gasteiger partial charge in [-0.3, -0.25) is 9.59 Å². The normalized spacial score (nSPS) is 11.6. The number of hydrogen-bond donors (Lipinski definition) is 1. The van der Waals surface area contributed by atoms with Gasteiger partial charge >= 0.3 is 0 Å². The molecule has 0 saturated heterocycles. The Morgan fingerprint density at radius 1 is 1.00 bits per heavy atom. The van der Waals surface area contributed by atoms with Gasteiger partial charge in [-0.1, -0.05) is 25.1 Å². The first-order valence-electron chi connectivity index (χ1n) is 7.77. The zero-order valence-corrected chi connectivity index (χ0v) is 13.7. The molecule has 23 heavy (non-hydrogen) atoms. The van der Waals surface area contributed by atoms with E-state index in [0.717, 1.165) is 12.1 Å². The van der Waals surface area contributed by atoms with Gasteiger partial charge in [0.1, 0.15) is 0 Å². The Hall–Kier alpha value is -2.62. The van der Waals surface area contributed by atoms with Gasteiger partial charge in [0.15, 0.2) is 0 Å². The SMILES string of the molecule is CCC(C)NC(=O)c1ccc(C(=O)N(C)c2ccccc2)cc1. The maximum absolute atomic E-state index is 12.5. The van der Waals surface area contributed by atoms with Crippen molar-refractivity contribution in [1.82, 2.24) is 5.32 Å². The standard InChI is InChI=1S/C19H22N2O2/c1-4-14(2)20-18(22)15-10-12-16(13-11-15)19(23)21(3)17-8-6-5-7-9-17/h5-14H,4H2,1-3H3,(H,20,22). The third-order valence-corrected chi connectivity index (χ3v) is 3.83. The van der Waals surface area contributed by atoms with Crippen molar-refractivity contribution in [3.8, 4) is 0 Å². The summed E-state index contributed by atoms with van der Waals surface area (Å²) in [4.78, 5) is 26.1. The molecule has 4 nitrogen and oxygen atoms in total. The highest BCUT2D eigenvalue weighted by Gasteiger charge is 2.14. The molecule has 0 bridgehead atoms. The van der Waals surface area contributed by atoms with Crippen LogP contribution in [0.2, 0.25) is 0 Å². The number of para-hydroxylation sites is 1. The molecule has 1 atom stereocenters. The van der Waals surface area contributed by atoms with Crippen LogP contribution >= 0.6 is 0 Å². The molecule has 0 aromatic heterocycles. The predicted octanol–water partition coefficient (Wildman–Crippen LogP) is 3.49. The second-order valence-electron chi connectivity index (χ2n) is 5.56. The highest BCUT2D eigenvalue weighted by molar-refractivity contribution is 6.06. The predicted molar refractivity (Wildman–Crippen MR) is 92.8 cm³/mol. The van der Waals surface area contributed by atoms with Gasteiger partial charge in [0.25, 0.3) is 11.8 Å². The van der Waals surface area contributed by atoms with Crippen molar-refractivity contribution in [3.63, 3.8) is 0 Å². The zero-order chi connectivity index (χ0) is 16.8. The second kappa shape index (κ2) is 7.58. The second-order valence-corrected chi connectivity index (χ2v) is 5.56. The summed E-state index contributed by atoms with van der Waals surface area (Å²) in [7, 11) is 1.74. The van der Waals surface area contributed by atoms with Gasteiger partial charge in [-0.25, -0.2) is 0 Å². The summed E-state index contributed by atoms with van der Waals surface area (Å²) in [5.41, 5.74) is 1.94. The minimum atomic E-state index is -0.116. The number of amides is 2. The summed E-state index contributed by atoms with van der Waals surface area (Å²) in [5.74, 6) is -0.222. The summed E-state index contributed by atoms with van der Waals surface area (Å²) in [5, 5.41) is 2.91. The van der Waals surface area contributed by atoms with Crippen molar-refractivity contribution >= 4 is 17.5 Å². The van der Waals surface area contributed by atoms with E-state index in [1.807, 2.05) is 44.2 Å². The molecule has 0 fully saturated rings. The van der Waals surface area contributed by atoms with Crippen LogP contribution in [0, 0.1) is 0 Å². The summed E-state index contributed by atoms with van der Waals surface area (Å²) >= 11 is 0. The van der Waals surface area contributed by atoms with Crippen LogP contribution in [-0.2, 0) is 0 Å². The number of nitrogens with zero attached hydrogens (tertiary/aromatic N) is 1. The van der Waals surface area contributed by atoms with E-state index in [1.165, 1.54) is 0 Å². The molecule has 0 aliphatic carbocycles. The van der Waals surface area contributed by atoms with E-state index in [2.05, 4.69) is 5.32 Å². The van der Waals surface area contributed by atoms with Crippen molar-refractivity contribution in [3.05, 3.63) is 65.7 Å². The van der Waals surface area contributed by atoms with E-state index >= 15 is 0 Å². The highest BCUT2D eigenvalue weighted by Crippen LogP contribution is 2.15. The molecule has 0 aliphatic rings. The van der Waals surface area contributed by atoms with Gasteiger partial charge in [0.2, 0.25) is 0 Å². The molecule has 4 heteroatoms. The number of nitrogens with one attached hydrogen (secondary N) is 1. The van der Waals surface area contributed by atoms with Crippen molar-refractivity contribution in [2.75, 3.05) is 11.9 Å². The molecule has 1 unspecified atom stereocenters. The number of benzene rings is 2. The van der Waals surface area contributed by atoms with Gasteiger partial charge < -0.3 is 10.2 Å². The van der Waals surface area contributed by atoms with Crippen LogP contribution in [0.5, 0.6) is 0 Å². The van der Waals surface area contributed by atoms with E-state index in [1.54, 1.807) is 36.2 Å². The highest BCUT2D eigenvalue weighted by atomic mass is 16.2. The minimum Gasteiger partial charge on any atom is -0.350 e. The lowest BCUT2D eigenvalue weighted by Gasteiger charge is -2.17. The van der Waals surface area contributed by atoms with Crippen molar-refractivity contribution in [1.29, 1.82) is 0 Å². The molecule has 120 valence electrons. The van der Waals surface area contributed by atoms with Crippen LogP contribution in [-0.4, -0.2) is 24.9 Å². The summed E-state index contributed by atoms with van der Waals surface area (Å²) < 4.78 is 0. The van der Waals surface area contributed by atoms with Gasteiger partial charge in [0, 0.05) is 29.9 Å². The van der Waals surface area contributed by atoms with Gasteiger partial charge in [-0.15, -0.1) is 0 Å². The quantitative estimate of drug-likeness (QED) is 0.919. The number of rotatable bonds is 5. The van der Waals surface area contributed by atoms with Crippen LogP contribution in [0.1, 0.15) is 41.0 Å². The van der Waals surface area contributed by atoms with E-state index in [9.17, 15) is 9.59 Å². The Morgan fingerprint density at radius 3 is 2.13 bits per heavy atom. The molecule has 0 aliphatic heterocycles. The average molecular weight is 310 g/mol. The Balaban J connectivity index is 2.10. The first kappa shape index (κ1) is 16.7. The molecule has 0 radical (unpaired) electrons. The monoisotopic (exact) mass is 310 g/mol. The van der Waals surface area contributed by atoms with Crippen molar-refractivity contribution in [2.45, 2.75) is 26.3 Å². The summed E-state index contributed by atoms with van der Waals surface area (Å²) in [6.07, 6.45) is 0.879. The van der Waals surface area contributed by atoms with Crippen molar-refractivity contribution in [2.24, 2.45) is 0 Å². The molecular formula is C19H22N2O2. The lowest BCUT2D eigenvalue weighted by molar-refractivity contribution is 0.0937. The molecule has 2 aromatic carbocycles. The molecule has 1 N–H and O–H groups in total. The Bertz CT molecular complexity index is 666. The topological polar surface area (TPSA) is 49.4 Å². The Labute approximate surface area is 137 Å². The van der Waals surface area contributed by atoms with Crippen LogP contribution < -0.4 is 10.2 Å². The number of carbonyl (C=O) groups excluding carboxylic acids is 2. The van der Waals surface area contributed by atoms with E-state index in [-0.39, 0.29) is 17.9 Å². The van der Waals surface area contributed by atoms with E-state index < -0.39 is 0 Å². The lowest BCUT2D eigenvalue weighted by Crippen LogP contribution is -2.32. The molecular weight excluding hydrogens is 288 g/mol. The molecule has 0 heterocycles. The summed E-state index contributed by atoms with van der Waals surface area (Å²) in [6.45, 7) is 3.98.